The van der Waals surface area contributed by atoms with Gasteiger partial charge in [-0.1, -0.05) is 24.3 Å². The number of rotatable bonds is 7. The molecule has 0 aromatic heterocycles. The molecule has 3 aromatic rings. The van der Waals surface area contributed by atoms with Crippen LogP contribution in [-0.2, 0) is 4.79 Å². The number of ether oxygens (including phenoxy) is 5. The first-order valence-corrected chi connectivity index (χ1v) is 12.4. The minimum atomic E-state index is -0.431. The number of allylic oxidation sites excluding steroid dienone is 1. The number of nitrogens with one attached hydrogen (secondary N) is 2. The van der Waals surface area contributed by atoms with Gasteiger partial charge in [0, 0.05) is 23.3 Å². The molecule has 38 heavy (non-hydrogen) atoms. The minimum Gasteiger partial charge on any atom is -0.493 e. The zero-order chi connectivity index (χ0) is 26.8. The minimum absolute atomic E-state index is 0.0488. The Bertz CT molecular complexity index is 1370. The van der Waals surface area contributed by atoms with E-state index in [9.17, 15) is 4.79 Å². The fourth-order valence-corrected chi connectivity index (χ4v) is 5.44. The molecule has 2 aliphatic rings. The molecule has 1 aliphatic heterocycles. The van der Waals surface area contributed by atoms with Crippen molar-refractivity contribution >= 4 is 17.2 Å². The topological polar surface area (TPSA) is 87.3 Å². The summed E-state index contributed by atoms with van der Waals surface area (Å²) in [5, 5.41) is 7.18. The highest BCUT2D eigenvalue weighted by Crippen LogP contribution is 2.49. The van der Waals surface area contributed by atoms with Crippen LogP contribution in [0.15, 0.2) is 65.9 Å². The number of hydrogen-bond donors (Lipinski definition) is 2. The number of benzene rings is 3. The van der Waals surface area contributed by atoms with Crippen molar-refractivity contribution in [1.29, 1.82) is 0 Å². The van der Waals surface area contributed by atoms with E-state index in [1.54, 1.807) is 35.5 Å². The second-order valence-electron chi connectivity index (χ2n) is 9.21. The van der Waals surface area contributed by atoms with Gasteiger partial charge in [-0.2, -0.15) is 0 Å². The Hall–Kier alpha value is -4.33. The van der Waals surface area contributed by atoms with Crippen LogP contribution in [-0.4, -0.2) is 41.3 Å². The lowest BCUT2D eigenvalue weighted by atomic mass is 9.78. The van der Waals surface area contributed by atoms with E-state index in [1.165, 1.54) is 0 Å². The lowest BCUT2D eigenvalue weighted by Gasteiger charge is -2.31. The number of fused-ring (bicyclic) bond motifs is 1. The van der Waals surface area contributed by atoms with Crippen LogP contribution >= 0.6 is 0 Å². The quantitative estimate of drug-likeness (QED) is 0.413. The average Bonchev–Trinajstić information content (AvgIpc) is 3.12. The summed E-state index contributed by atoms with van der Waals surface area (Å²) in [5.74, 6) is 2.82. The maximum Gasteiger partial charge on any atom is 0.203 e. The summed E-state index contributed by atoms with van der Waals surface area (Å²) in [5.41, 5.74) is 5.14. The Kier molecular flexibility index (Phi) is 7.05. The van der Waals surface area contributed by atoms with Crippen molar-refractivity contribution in [3.8, 4) is 28.7 Å². The van der Waals surface area contributed by atoms with E-state index in [2.05, 4.69) is 10.6 Å². The smallest absolute Gasteiger partial charge is 0.203 e. The van der Waals surface area contributed by atoms with Gasteiger partial charge in [0.1, 0.15) is 0 Å². The van der Waals surface area contributed by atoms with E-state index < -0.39 is 6.04 Å². The molecule has 0 saturated heterocycles. The van der Waals surface area contributed by atoms with Crippen LogP contribution in [0.2, 0.25) is 0 Å². The molecule has 8 nitrogen and oxygen atoms in total. The van der Waals surface area contributed by atoms with Gasteiger partial charge >= 0.3 is 0 Å². The molecule has 2 atom stereocenters. The first-order chi connectivity index (χ1) is 18.5. The highest BCUT2D eigenvalue weighted by atomic mass is 16.5. The number of carbonyl (C=O) groups is 1. The summed E-state index contributed by atoms with van der Waals surface area (Å²) >= 11 is 0. The maximum atomic E-state index is 14.0. The second kappa shape index (κ2) is 10.6. The van der Waals surface area contributed by atoms with Gasteiger partial charge < -0.3 is 34.3 Å². The Morgan fingerprint density at radius 2 is 1.37 bits per heavy atom. The first-order valence-electron chi connectivity index (χ1n) is 12.4. The summed E-state index contributed by atoms with van der Waals surface area (Å²) in [7, 11) is 7.99. The molecular weight excluding hydrogens is 484 g/mol. The van der Waals surface area contributed by atoms with Gasteiger partial charge in [0.25, 0.3) is 0 Å². The van der Waals surface area contributed by atoms with Crippen LogP contribution < -0.4 is 34.3 Å². The molecule has 0 saturated carbocycles. The monoisotopic (exact) mass is 516 g/mol. The first kappa shape index (κ1) is 25.3. The van der Waals surface area contributed by atoms with E-state index in [4.69, 9.17) is 23.7 Å². The average molecular weight is 517 g/mol. The summed E-state index contributed by atoms with van der Waals surface area (Å²) in [6, 6.07) is 17.1. The van der Waals surface area contributed by atoms with Crippen molar-refractivity contribution in [3.63, 3.8) is 0 Å². The van der Waals surface area contributed by atoms with Crippen LogP contribution in [0.3, 0.4) is 0 Å². The molecule has 3 aromatic carbocycles. The van der Waals surface area contributed by atoms with Crippen molar-refractivity contribution in [2.45, 2.75) is 24.8 Å². The van der Waals surface area contributed by atoms with Gasteiger partial charge in [0.05, 0.1) is 53.0 Å². The third-order valence-corrected chi connectivity index (χ3v) is 7.21. The predicted molar refractivity (Wildman–Crippen MR) is 146 cm³/mol. The van der Waals surface area contributed by atoms with E-state index in [0.717, 1.165) is 28.2 Å². The van der Waals surface area contributed by atoms with Gasteiger partial charge in [0.2, 0.25) is 5.75 Å². The molecule has 0 bridgehead atoms. The molecule has 0 fully saturated rings. The van der Waals surface area contributed by atoms with Gasteiger partial charge in [-0.3, -0.25) is 4.79 Å². The zero-order valence-corrected chi connectivity index (χ0v) is 22.2. The summed E-state index contributed by atoms with van der Waals surface area (Å²) < 4.78 is 28.0. The lowest BCUT2D eigenvalue weighted by Crippen LogP contribution is -2.27. The normalized spacial score (nSPS) is 18.3. The van der Waals surface area contributed by atoms with Gasteiger partial charge in [-0.05, 0) is 48.2 Å². The molecule has 8 heteroatoms. The van der Waals surface area contributed by atoms with Crippen LogP contribution in [0.5, 0.6) is 28.7 Å². The second-order valence-corrected chi connectivity index (χ2v) is 9.21. The van der Waals surface area contributed by atoms with Gasteiger partial charge in [0.15, 0.2) is 28.8 Å². The molecule has 0 spiro atoms. The summed E-state index contributed by atoms with van der Waals surface area (Å²) in [6.45, 7) is 0. The van der Waals surface area contributed by atoms with Gasteiger partial charge in [-0.25, -0.2) is 0 Å². The summed E-state index contributed by atoms with van der Waals surface area (Å²) in [6.07, 6.45) is 0.957. The van der Waals surface area contributed by atoms with E-state index in [-0.39, 0.29) is 11.7 Å². The number of Topliss-reactive ketones (excluding diaryl/α,β-unsaturated/α-hetero) is 1. The third kappa shape index (κ3) is 4.36. The molecule has 1 heterocycles. The molecule has 5 rings (SSSR count). The standard InChI is InChI=1S/C30H32N2O6/c1-34-24-12-8-9-19(29(24)37-4)28-27-22(31-20-10-6-7-11-21(20)32-28)13-17(14-23(27)33)18-15-25(35-2)30(38-5)26(16-18)36-3/h6-12,15-17,28,31-32H,13-14H2,1-5H3/t17-,28+/m0/s1. The predicted octanol–water partition coefficient (Wildman–Crippen LogP) is 5.71. The van der Waals surface area contributed by atoms with Crippen molar-refractivity contribution < 1.29 is 28.5 Å². The van der Waals surface area contributed by atoms with E-state index in [0.29, 0.717) is 47.2 Å². The van der Waals surface area contributed by atoms with Crippen LogP contribution in [0.1, 0.15) is 35.9 Å². The molecule has 1 aliphatic carbocycles. The number of methoxy groups -OCH3 is 5. The van der Waals surface area contributed by atoms with E-state index >= 15 is 0 Å². The number of ketones is 1. The van der Waals surface area contributed by atoms with Crippen LogP contribution in [0.4, 0.5) is 11.4 Å². The Balaban J connectivity index is 1.63. The molecule has 0 radical (unpaired) electrons. The zero-order valence-electron chi connectivity index (χ0n) is 22.2. The summed E-state index contributed by atoms with van der Waals surface area (Å²) in [4.78, 5) is 14.0. The van der Waals surface area contributed by atoms with Gasteiger partial charge in [-0.15, -0.1) is 0 Å². The molecule has 0 unspecified atom stereocenters. The SMILES string of the molecule is COc1cc([C@@H]2CC(=O)C3=C(C2)Nc2ccccc2N[C@@H]3c2cccc(OC)c2OC)cc(OC)c1OC. The van der Waals surface area contributed by atoms with Crippen molar-refractivity contribution in [3.05, 3.63) is 77.0 Å². The van der Waals surface area contributed by atoms with Crippen LogP contribution in [0.25, 0.3) is 0 Å². The fourth-order valence-electron chi connectivity index (χ4n) is 5.44. The van der Waals surface area contributed by atoms with E-state index in [1.807, 2.05) is 54.6 Å². The fraction of sp³-hybridized carbons (Fsp3) is 0.300. The Morgan fingerprint density at radius 3 is 2.00 bits per heavy atom. The number of para-hydroxylation sites is 3. The third-order valence-electron chi connectivity index (χ3n) is 7.21. The number of carbonyl (C=O) groups excluding carboxylic acids is 1. The molecule has 2 N–H and O–H groups in total. The molecule has 198 valence electrons. The lowest BCUT2D eigenvalue weighted by molar-refractivity contribution is -0.116. The highest BCUT2D eigenvalue weighted by molar-refractivity contribution is 6.01. The van der Waals surface area contributed by atoms with Crippen molar-refractivity contribution in [2.24, 2.45) is 0 Å². The Morgan fingerprint density at radius 1 is 0.711 bits per heavy atom. The molecule has 0 amide bonds. The Labute approximate surface area is 222 Å². The maximum absolute atomic E-state index is 14.0. The van der Waals surface area contributed by atoms with Crippen molar-refractivity contribution in [2.75, 3.05) is 46.2 Å². The van der Waals surface area contributed by atoms with Crippen LogP contribution in [0, 0.1) is 0 Å². The number of anilines is 2. The molecular formula is C30H32N2O6. The largest absolute Gasteiger partial charge is 0.493 e. The highest BCUT2D eigenvalue weighted by Gasteiger charge is 2.38. The van der Waals surface area contributed by atoms with Crippen molar-refractivity contribution in [1.82, 2.24) is 0 Å². The number of hydrogen-bond acceptors (Lipinski definition) is 8.